The van der Waals surface area contributed by atoms with E-state index in [0.717, 1.165) is 10.5 Å². The van der Waals surface area contributed by atoms with Gasteiger partial charge in [-0.3, -0.25) is 14.5 Å². The van der Waals surface area contributed by atoms with Crippen LogP contribution < -0.4 is 0 Å². The number of methoxy groups -OCH3 is 1. The molecule has 0 radical (unpaired) electrons. The van der Waals surface area contributed by atoms with Crippen LogP contribution in [0.25, 0.3) is 0 Å². The van der Waals surface area contributed by atoms with Crippen molar-refractivity contribution in [2.45, 2.75) is 24.9 Å². The molecule has 0 saturated carbocycles. The second-order valence-corrected chi connectivity index (χ2v) is 5.29. The van der Waals surface area contributed by atoms with Crippen molar-refractivity contribution in [2.24, 2.45) is 0 Å². The fourth-order valence-electron chi connectivity index (χ4n) is 2.56. The van der Waals surface area contributed by atoms with E-state index in [0.29, 0.717) is 0 Å². The van der Waals surface area contributed by atoms with Gasteiger partial charge in [-0.15, -0.1) is 0 Å². The highest BCUT2D eigenvalue weighted by Gasteiger charge is 2.49. The lowest BCUT2D eigenvalue weighted by Crippen LogP contribution is -2.41. The van der Waals surface area contributed by atoms with Gasteiger partial charge in [0, 0.05) is 13.5 Å². The van der Waals surface area contributed by atoms with Crippen LogP contribution in [-0.4, -0.2) is 48.2 Å². The smallest absolute Gasteiger partial charge is 0.240 e. The summed E-state index contributed by atoms with van der Waals surface area (Å²) in [6.45, 7) is 1.85. The SMILES string of the molecule is COCC(O)CN1C(=O)CC(C)(c2ccccc2)C1=O. The fraction of sp³-hybridized carbons (Fsp3) is 0.467. The molecule has 0 aromatic heterocycles. The van der Waals surface area contributed by atoms with Crippen LogP contribution in [0.2, 0.25) is 0 Å². The summed E-state index contributed by atoms with van der Waals surface area (Å²) < 4.78 is 4.82. The maximum Gasteiger partial charge on any atom is 0.240 e. The van der Waals surface area contributed by atoms with Gasteiger partial charge < -0.3 is 9.84 Å². The van der Waals surface area contributed by atoms with Crippen LogP contribution in [0.3, 0.4) is 0 Å². The number of benzene rings is 1. The minimum Gasteiger partial charge on any atom is -0.389 e. The number of nitrogens with zero attached hydrogens (tertiary/aromatic N) is 1. The largest absolute Gasteiger partial charge is 0.389 e. The fourth-order valence-corrected chi connectivity index (χ4v) is 2.56. The van der Waals surface area contributed by atoms with Crippen molar-refractivity contribution in [3.05, 3.63) is 35.9 Å². The highest BCUT2D eigenvalue weighted by molar-refractivity contribution is 6.08. The number of carbonyl (C=O) groups is 2. The van der Waals surface area contributed by atoms with E-state index in [9.17, 15) is 14.7 Å². The molecule has 0 aliphatic carbocycles. The van der Waals surface area contributed by atoms with Crippen molar-refractivity contribution in [1.82, 2.24) is 4.90 Å². The summed E-state index contributed by atoms with van der Waals surface area (Å²) in [4.78, 5) is 25.7. The van der Waals surface area contributed by atoms with Crippen molar-refractivity contribution in [2.75, 3.05) is 20.3 Å². The third-order valence-electron chi connectivity index (χ3n) is 3.69. The molecular formula is C15H19NO4. The third kappa shape index (κ3) is 2.59. The number of carbonyl (C=O) groups excluding carboxylic acids is 2. The molecule has 1 saturated heterocycles. The van der Waals surface area contributed by atoms with Gasteiger partial charge in [-0.1, -0.05) is 30.3 Å². The quantitative estimate of drug-likeness (QED) is 0.805. The number of aliphatic hydroxyl groups is 1. The number of β-amino-alcohol motifs (C(OH)–C–C–N with tert-alkyl or cyclic N) is 1. The van der Waals surface area contributed by atoms with Crippen molar-refractivity contribution in [3.8, 4) is 0 Å². The van der Waals surface area contributed by atoms with Gasteiger partial charge in [0.25, 0.3) is 0 Å². The monoisotopic (exact) mass is 277 g/mol. The number of ether oxygens (including phenoxy) is 1. The van der Waals surface area contributed by atoms with Crippen molar-refractivity contribution < 1.29 is 19.4 Å². The molecule has 0 bridgehead atoms. The van der Waals surface area contributed by atoms with E-state index in [1.54, 1.807) is 6.92 Å². The van der Waals surface area contributed by atoms with Gasteiger partial charge in [0.05, 0.1) is 24.7 Å². The molecule has 1 aromatic carbocycles. The maximum atomic E-state index is 12.5. The van der Waals surface area contributed by atoms with E-state index in [1.165, 1.54) is 7.11 Å². The number of likely N-dealkylation sites (tertiary alicyclic amines) is 1. The zero-order chi connectivity index (χ0) is 14.8. The van der Waals surface area contributed by atoms with E-state index in [4.69, 9.17) is 4.74 Å². The summed E-state index contributed by atoms with van der Waals surface area (Å²) in [6, 6.07) is 9.26. The first kappa shape index (κ1) is 14.7. The standard InChI is InChI=1S/C15H19NO4/c1-15(11-6-4-3-5-7-11)8-13(18)16(14(15)19)9-12(17)10-20-2/h3-7,12,17H,8-10H2,1-2H3. The lowest BCUT2D eigenvalue weighted by Gasteiger charge is -2.23. The van der Waals surface area contributed by atoms with Gasteiger partial charge in [0.15, 0.2) is 0 Å². The molecular weight excluding hydrogens is 258 g/mol. The van der Waals surface area contributed by atoms with Crippen molar-refractivity contribution in [3.63, 3.8) is 0 Å². The Labute approximate surface area is 118 Å². The van der Waals surface area contributed by atoms with Crippen molar-refractivity contribution in [1.29, 1.82) is 0 Å². The molecule has 2 atom stereocenters. The first-order valence-corrected chi connectivity index (χ1v) is 6.56. The van der Waals surface area contributed by atoms with Gasteiger partial charge in [-0.2, -0.15) is 0 Å². The van der Waals surface area contributed by atoms with E-state index >= 15 is 0 Å². The number of hydrogen-bond donors (Lipinski definition) is 1. The lowest BCUT2D eigenvalue weighted by molar-refractivity contribution is -0.141. The molecule has 2 unspecified atom stereocenters. The Morgan fingerprint density at radius 2 is 2.00 bits per heavy atom. The summed E-state index contributed by atoms with van der Waals surface area (Å²) in [5.74, 6) is -0.514. The van der Waals surface area contributed by atoms with Crippen LogP contribution in [-0.2, 0) is 19.7 Å². The number of hydrogen-bond acceptors (Lipinski definition) is 4. The van der Waals surface area contributed by atoms with E-state index in [-0.39, 0.29) is 31.4 Å². The number of rotatable bonds is 5. The first-order chi connectivity index (χ1) is 9.49. The molecule has 1 aliphatic heterocycles. The van der Waals surface area contributed by atoms with Crippen LogP contribution in [0.1, 0.15) is 18.9 Å². The molecule has 1 heterocycles. The molecule has 2 rings (SSSR count). The van der Waals surface area contributed by atoms with Gasteiger partial charge in [0.1, 0.15) is 0 Å². The second-order valence-electron chi connectivity index (χ2n) is 5.29. The Kier molecular flexibility index (Phi) is 4.20. The summed E-state index contributed by atoms with van der Waals surface area (Å²) in [7, 11) is 1.46. The first-order valence-electron chi connectivity index (χ1n) is 6.56. The molecule has 108 valence electrons. The molecule has 5 nitrogen and oxygen atoms in total. The lowest BCUT2D eigenvalue weighted by atomic mass is 9.81. The second kappa shape index (κ2) is 5.73. The van der Waals surface area contributed by atoms with Gasteiger partial charge in [-0.25, -0.2) is 0 Å². The molecule has 20 heavy (non-hydrogen) atoms. The highest BCUT2D eigenvalue weighted by atomic mass is 16.5. The molecule has 1 fully saturated rings. The zero-order valence-electron chi connectivity index (χ0n) is 11.7. The minimum atomic E-state index is -0.856. The van der Waals surface area contributed by atoms with Crippen LogP contribution in [0.4, 0.5) is 0 Å². The molecule has 5 heteroatoms. The van der Waals surface area contributed by atoms with E-state index in [2.05, 4.69) is 0 Å². The predicted molar refractivity (Wildman–Crippen MR) is 73.0 cm³/mol. The van der Waals surface area contributed by atoms with Crippen molar-refractivity contribution >= 4 is 11.8 Å². The molecule has 0 spiro atoms. The Balaban J connectivity index is 2.20. The Hall–Kier alpha value is -1.72. The normalized spacial score (nSPS) is 24.2. The Morgan fingerprint density at radius 1 is 1.35 bits per heavy atom. The summed E-state index contributed by atoms with van der Waals surface area (Å²) in [5.41, 5.74) is -0.0208. The summed E-state index contributed by atoms with van der Waals surface area (Å²) >= 11 is 0. The summed E-state index contributed by atoms with van der Waals surface area (Å²) in [5, 5.41) is 9.71. The van der Waals surface area contributed by atoms with E-state index in [1.807, 2.05) is 30.3 Å². The van der Waals surface area contributed by atoms with Crippen LogP contribution in [0.15, 0.2) is 30.3 Å². The highest BCUT2D eigenvalue weighted by Crippen LogP contribution is 2.36. The predicted octanol–water partition coefficient (Wildman–Crippen LogP) is 0.710. The molecule has 1 N–H and O–H groups in total. The summed E-state index contributed by atoms with van der Waals surface area (Å²) in [6.07, 6.45) is -0.721. The Morgan fingerprint density at radius 3 is 2.60 bits per heavy atom. The van der Waals surface area contributed by atoms with E-state index < -0.39 is 11.5 Å². The Bertz CT molecular complexity index is 502. The zero-order valence-corrected chi connectivity index (χ0v) is 11.7. The molecule has 1 aliphatic rings. The number of aliphatic hydroxyl groups excluding tert-OH is 1. The minimum absolute atomic E-state index is 0.0199. The number of imide groups is 1. The van der Waals surface area contributed by atoms with Crippen LogP contribution in [0.5, 0.6) is 0 Å². The van der Waals surface area contributed by atoms with Gasteiger partial charge in [-0.05, 0) is 12.5 Å². The van der Waals surface area contributed by atoms with Crippen LogP contribution in [0, 0.1) is 0 Å². The molecule has 2 amide bonds. The average molecular weight is 277 g/mol. The average Bonchev–Trinajstić information content (AvgIpc) is 2.65. The van der Waals surface area contributed by atoms with Gasteiger partial charge in [0.2, 0.25) is 11.8 Å². The van der Waals surface area contributed by atoms with Gasteiger partial charge >= 0.3 is 0 Å². The topological polar surface area (TPSA) is 66.8 Å². The van der Waals surface area contributed by atoms with Crippen LogP contribution >= 0.6 is 0 Å². The molecule has 1 aromatic rings. The number of amides is 2. The third-order valence-corrected chi connectivity index (χ3v) is 3.69. The maximum absolute atomic E-state index is 12.5.